The van der Waals surface area contributed by atoms with Crippen molar-refractivity contribution in [1.29, 1.82) is 0 Å². The van der Waals surface area contributed by atoms with Gasteiger partial charge in [-0.3, -0.25) is 9.59 Å². The minimum absolute atomic E-state index is 0.145. The highest BCUT2D eigenvalue weighted by Gasteiger charge is 2.39. The highest BCUT2D eigenvalue weighted by atomic mass is 19.1. The number of nitrogens with zero attached hydrogens (tertiary/aromatic N) is 1. The molecule has 0 aliphatic carbocycles. The number of carbonyl (C=O) groups excluding carboxylic acids is 1. The van der Waals surface area contributed by atoms with Crippen LogP contribution < -0.4 is 4.74 Å². The lowest BCUT2D eigenvalue weighted by Crippen LogP contribution is -2.38. The summed E-state index contributed by atoms with van der Waals surface area (Å²) in [5, 5.41) is 9.07. The summed E-state index contributed by atoms with van der Waals surface area (Å²) >= 11 is 0. The van der Waals surface area contributed by atoms with Gasteiger partial charge in [-0.1, -0.05) is 6.07 Å². The Hall–Kier alpha value is -2.11. The van der Waals surface area contributed by atoms with E-state index in [-0.39, 0.29) is 11.3 Å². The molecule has 0 radical (unpaired) electrons. The van der Waals surface area contributed by atoms with E-state index in [4.69, 9.17) is 9.84 Å². The largest absolute Gasteiger partial charge is 0.496 e. The molecule has 0 bridgehead atoms. The van der Waals surface area contributed by atoms with Crippen molar-refractivity contribution in [2.75, 3.05) is 13.7 Å². The number of hydrogen-bond donors (Lipinski definition) is 1. The van der Waals surface area contributed by atoms with Crippen molar-refractivity contribution < 1.29 is 23.8 Å². The first-order valence-corrected chi connectivity index (χ1v) is 6.33. The summed E-state index contributed by atoms with van der Waals surface area (Å²) in [6.45, 7) is 1.96. The van der Waals surface area contributed by atoms with Crippen LogP contribution in [-0.4, -0.2) is 41.6 Å². The Morgan fingerprint density at radius 3 is 2.70 bits per heavy atom. The monoisotopic (exact) mass is 281 g/mol. The number of likely N-dealkylation sites (tertiary alicyclic amines) is 1. The summed E-state index contributed by atoms with van der Waals surface area (Å²) in [5.41, 5.74) is -0.145. The summed E-state index contributed by atoms with van der Waals surface area (Å²) in [4.78, 5) is 24.9. The molecule has 1 aromatic rings. The van der Waals surface area contributed by atoms with Crippen LogP contribution >= 0.6 is 0 Å². The third-order valence-corrected chi connectivity index (χ3v) is 3.74. The normalized spacial score (nSPS) is 21.9. The van der Waals surface area contributed by atoms with E-state index in [1.165, 1.54) is 30.2 Å². The molecule has 1 saturated heterocycles. The van der Waals surface area contributed by atoms with Crippen LogP contribution in [0.5, 0.6) is 5.75 Å². The molecule has 2 unspecified atom stereocenters. The van der Waals surface area contributed by atoms with Crippen LogP contribution in [0.4, 0.5) is 4.39 Å². The maximum atomic E-state index is 13.9. The van der Waals surface area contributed by atoms with Crippen molar-refractivity contribution in [2.45, 2.75) is 19.4 Å². The average molecular weight is 281 g/mol. The van der Waals surface area contributed by atoms with Gasteiger partial charge >= 0.3 is 5.97 Å². The number of carboxylic acids is 1. The van der Waals surface area contributed by atoms with Crippen LogP contribution in [0.25, 0.3) is 0 Å². The minimum Gasteiger partial charge on any atom is -0.496 e. The average Bonchev–Trinajstić information content (AvgIpc) is 2.79. The van der Waals surface area contributed by atoms with E-state index in [0.29, 0.717) is 13.0 Å². The molecule has 108 valence electrons. The van der Waals surface area contributed by atoms with Crippen LogP contribution in [0.15, 0.2) is 18.2 Å². The van der Waals surface area contributed by atoms with Gasteiger partial charge in [0.05, 0.1) is 13.0 Å². The number of rotatable bonds is 3. The molecule has 1 fully saturated rings. The Kier molecular flexibility index (Phi) is 3.92. The number of ether oxygens (including phenoxy) is 1. The molecular weight excluding hydrogens is 265 g/mol. The fraction of sp³-hybridized carbons (Fsp3) is 0.429. The lowest BCUT2D eigenvalue weighted by Gasteiger charge is -2.24. The molecule has 0 aromatic heterocycles. The highest BCUT2D eigenvalue weighted by molar-refractivity contribution is 5.98. The van der Waals surface area contributed by atoms with E-state index < -0.39 is 29.7 Å². The fourth-order valence-electron chi connectivity index (χ4n) is 2.58. The number of carbonyl (C=O) groups is 2. The van der Waals surface area contributed by atoms with Gasteiger partial charge in [0, 0.05) is 12.6 Å². The highest BCUT2D eigenvalue weighted by Crippen LogP contribution is 2.29. The molecule has 1 amide bonds. The van der Waals surface area contributed by atoms with Crippen molar-refractivity contribution in [3.63, 3.8) is 0 Å². The lowest BCUT2D eigenvalue weighted by molar-refractivity contribution is -0.142. The van der Waals surface area contributed by atoms with Crippen molar-refractivity contribution in [1.82, 2.24) is 4.90 Å². The van der Waals surface area contributed by atoms with Gasteiger partial charge in [-0.25, -0.2) is 4.39 Å². The van der Waals surface area contributed by atoms with E-state index in [1.54, 1.807) is 6.92 Å². The molecular formula is C14H16FNO4. The summed E-state index contributed by atoms with van der Waals surface area (Å²) in [7, 11) is 1.36. The predicted octanol–water partition coefficient (Wildman–Crippen LogP) is 1.77. The molecule has 0 spiro atoms. The fourth-order valence-corrected chi connectivity index (χ4v) is 2.58. The molecule has 1 aromatic carbocycles. The Balaban J connectivity index is 2.32. The predicted molar refractivity (Wildman–Crippen MR) is 69.2 cm³/mol. The molecule has 1 aliphatic rings. The Labute approximate surface area is 116 Å². The minimum atomic E-state index is -0.937. The summed E-state index contributed by atoms with van der Waals surface area (Å²) in [5.74, 6) is -2.59. The summed E-state index contributed by atoms with van der Waals surface area (Å²) in [6, 6.07) is 3.68. The molecule has 5 nitrogen and oxygen atoms in total. The first-order chi connectivity index (χ1) is 9.47. The molecule has 2 rings (SSSR count). The van der Waals surface area contributed by atoms with Gasteiger partial charge in [0.25, 0.3) is 5.91 Å². The number of aliphatic carboxylic acids is 1. The number of amides is 1. The summed E-state index contributed by atoms with van der Waals surface area (Å²) in [6.07, 6.45) is 0.374. The number of methoxy groups -OCH3 is 1. The number of hydrogen-bond acceptors (Lipinski definition) is 3. The SMILES string of the molecule is COc1cccc(F)c1C(=O)N1CCC(C(=O)O)C1C. The first-order valence-electron chi connectivity index (χ1n) is 6.33. The first kappa shape index (κ1) is 14.3. The zero-order valence-corrected chi connectivity index (χ0v) is 11.3. The van der Waals surface area contributed by atoms with Crippen LogP contribution in [0.1, 0.15) is 23.7 Å². The number of halogens is 1. The van der Waals surface area contributed by atoms with Gasteiger partial charge in [0.15, 0.2) is 0 Å². The topological polar surface area (TPSA) is 66.8 Å². The maximum absolute atomic E-state index is 13.9. The van der Waals surface area contributed by atoms with Gasteiger partial charge in [0.1, 0.15) is 17.1 Å². The van der Waals surface area contributed by atoms with Crippen molar-refractivity contribution >= 4 is 11.9 Å². The third-order valence-electron chi connectivity index (χ3n) is 3.74. The Morgan fingerprint density at radius 2 is 2.15 bits per heavy atom. The van der Waals surface area contributed by atoms with Crippen LogP contribution in [-0.2, 0) is 4.79 Å². The van der Waals surface area contributed by atoms with E-state index in [2.05, 4.69) is 0 Å². The molecule has 0 saturated carbocycles. The van der Waals surface area contributed by atoms with Crippen molar-refractivity contribution in [3.05, 3.63) is 29.6 Å². The quantitative estimate of drug-likeness (QED) is 0.917. The molecule has 1 heterocycles. The van der Waals surface area contributed by atoms with Gasteiger partial charge in [0.2, 0.25) is 0 Å². The van der Waals surface area contributed by atoms with Crippen molar-refractivity contribution in [2.24, 2.45) is 5.92 Å². The molecule has 1 N–H and O–H groups in total. The lowest BCUT2D eigenvalue weighted by atomic mass is 10.0. The zero-order chi connectivity index (χ0) is 14.9. The van der Waals surface area contributed by atoms with Gasteiger partial charge in [-0.15, -0.1) is 0 Å². The molecule has 6 heteroatoms. The second kappa shape index (κ2) is 5.48. The van der Waals surface area contributed by atoms with Crippen LogP contribution in [0.2, 0.25) is 0 Å². The van der Waals surface area contributed by atoms with E-state index >= 15 is 0 Å². The zero-order valence-electron chi connectivity index (χ0n) is 11.3. The second-order valence-electron chi connectivity index (χ2n) is 4.79. The van der Waals surface area contributed by atoms with E-state index in [1.807, 2.05) is 0 Å². The Morgan fingerprint density at radius 1 is 1.45 bits per heavy atom. The standard InChI is InChI=1S/C14H16FNO4/c1-8-9(14(18)19)6-7-16(8)13(17)12-10(15)4-3-5-11(12)20-2/h3-5,8-9H,6-7H2,1-2H3,(H,18,19). The Bertz CT molecular complexity index is 546. The van der Waals surface area contributed by atoms with Crippen LogP contribution in [0, 0.1) is 11.7 Å². The van der Waals surface area contributed by atoms with E-state index in [0.717, 1.165) is 0 Å². The maximum Gasteiger partial charge on any atom is 0.308 e. The number of carboxylic acid groups (broad SMARTS) is 1. The smallest absolute Gasteiger partial charge is 0.308 e. The van der Waals surface area contributed by atoms with Gasteiger partial charge in [-0.2, -0.15) is 0 Å². The van der Waals surface area contributed by atoms with Gasteiger partial charge in [-0.05, 0) is 25.5 Å². The molecule has 2 atom stereocenters. The second-order valence-corrected chi connectivity index (χ2v) is 4.79. The third kappa shape index (κ3) is 2.33. The van der Waals surface area contributed by atoms with E-state index in [9.17, 15) is 14.0 Å². The number of benzene rings is 1. The molecule has 20 heavy (non-hydrogen) atoms. The van der Waals surface area contributed by atoms with Crippen molar-refractivity contribution in [3.8, 4) is 5.75 Å². The van der Waals surface area contributed by atoms with Gasteiger partial charge < -0.3 is 14.7 Å². The van der Waals surface area contributed by atoms with Crippen LogP contribution in [0.3, 0.4) is 0 Å². The summed E-state index contributed by atoms with van der Waals surface area (Å²) < 4.78 is 18.9. The molecule has 1 aliphatic heterocycles.